The van der Waals surface area contributed by atoms with Gasteiger partial charge in [-0.05, 0) is 68.0 Å². The first-order valence-corrected chi connectivity index (χ1v) is 6.87. The van der Waals surface area contributed by atoms with E-state index in [2.05, 4.69) is 49.2 Å². The van der Waals surface area contributed by atoms with Gasteiger partial charge >= 0.3 is 0 Å². The molecule has 1 unspecified atom stereocenters. The van der Waals surface area contributed by atoms with E-state index in [-0.39, 0.29) is 0 Å². The number of pyridine rings is 1. The second-order valence-corrected chi connectivity index (χ2v) is 5.19. The zero-order chi connectivity index (χ0) is 13.7. The van der Waals surface area contributed by atoms with Gasteiger partial charge in [0.1, 0.15) is 0 Å². The van der Waals surface area contributed by atoms with Crippen molar-refractivity contribution in [3.05, 3.63) is 65.0 Å². The third kappa shape index (κ3) is 3.65. The fraction of sp³-hybridized carbons (Fsp3) is 0.353. The monoisotopic (exact) mass is 254 g/mol. The molecule has 2 N–H and O–H groups in total. The predicted octanol–water partition coefficient (Wildman–Crippen LogP) is 3.37. The van der Waals surface area contributed by atoms with Crippen molar-refractivity contribution < 1.29 is 0 Å². The smallest absolute Gasteiger partial charge is 0.0270 e. The normalized spacial score (nSPS) is 12.4. The molecule has 0 spiro atoms. The maximum atomic E-state index is 5.96. The van der Waals surface area contributed by atoms with Gasteiger partial charge in [-0.15, -0.1) is 0 Å². The Morgan fingerprint density at radius 3 is 2.47 bits per heavy atom. The van der Waals surface area contributed by atoms with Crippen LogP contribution in [-0.2, 0) is 6.42 Å². The van der Waals surface area contributed by atoms with Crippen LogP contribution in [0.3, 0.4) is 0 Å². The van der Waals surface area contributed by atoms with Crippen LogP contribution >= 0.6 is 0 Å². The molecule has 0 aliphatic carbocycles. The lowest BCUT2D eigenvalue weighted by atomic mass is 9.89. The Bertz CT molecular complexity index is 520. The highest BCUT2D eigenvalue weighted by Gasteiger charge is 2.12. The molecule has 0 saturated heterocycles. The van der Waals surface area contributed by atoms with Crippen molar-refractivity contribution in [1.82, 2.24) is 4.98 Å². The highest BCUT2D eigenvalue weighted by Crippen LogP contribution is 2.24. The summed E-state index contributed by atoms with van der Waals surface area (Å²) in [7, 11) is 0. The number of nitrogens with zero attached hydrogens (tertiary/aromatic N) is 1. The van der Waals surface area contributed by atoms with Gasteiger partial charge in [0, 0.05) is 12.4 Å². The lowest BCUT2D eigenvalue weighted by Gasteiger charge is -2.18. The minimum atomic E-state index is 0.439. The van der Waals surface area contributed by atoms with Gasteiger partial charge in [-0.1, -0.05) is 23.8 Å². The summed E-state index contributed by atoms with van der Waals surface area (Å²) in [5.74, 6) is 0.439. The Morgan fingerprint density at radius 2 is 1.84 bits per heavy atom. The molecule has 19 heavy (non-hydrogen) atoms. The van der Waals surface area contributed by atoms with Crippen molar-refractivity contribution in [2.75, 3.05) is 6.54 Å². The number of rotatable bonds is 5. The standard InChI is InChI=1S/C17H22N2/c1-13-3-6-17(14(2)11-13)16(12-18)5-4-15-7-9-19-10-8-15/h3,6-11,16H,4-5,12,18H2,1-2H3. The van der Waals surface area contributed by atoms with Gasteiger partial charge < -0.3 is 5.73 Å². The van der Waals surface area contributed by atoms with Crippen molar-refractivity contribution in [1.29, 1.82) is 0 Å². The Kier molecular flexibility index (Phi) is 4.69. The van der Waals surface area contributed by atoms with E-state index in [4.69, 9.17) is 5.73 Å². The van der Waals surface area contributed by atoms with Crippen LogP contribution in [0.2, 0.25) is 0 Å². The van der Waals surface area contributed by atoms with Crippen LogP contribution in [0.25, 0.3) is 0 Å². The third-order valence-corrected chi connectivity index (χ3v) is 3.68. The molecule has 1 aromatic carbocycles. The molecule has 100 valence electrons. The Labute approximate surface area is 115 Å². The van der Waals surface area contributed by atoms with Gasteiger partial charge in [0.2, 0.25) is 0 Å². The third-order valence-electron chi connectivity index (χ3n) is 3.68. The van der Waals surface area contributed by atoms with Crippen molar-refractivity contribution in [3.63, 3.8) is 0 Å². The van der Waals surface area contributed by atoms with E-state index in [0.717, 1.165) is 12.8 Å². The van der Waals surface area contributed by atoms with E-state index in [9.17, 15) is 0 Å². The van der Waals surface area contributed by atoms with Crippen LogP contribution in [-0.4, -0.2) is 11.5 Å². The lowest BCUT2D eigenvalue weighted by molar-refractivity contribution is 0.630. The summed E-state index contributed by atoms with van der Waals surface area (Å²) >= 11 is 0. The van der Waals surface area contributed by atoms with Gasteiger partial charge in [-0.25, -0.2) is 0 Å². The summed E-state index contributed by atoms with van der Waals surface area (Å²) < 4.78 is 0. The Balaban J connectivity index is 2.08. The zero-order valence-electron chi connectivity index (χ0n) is 11.8. The maximum absolute atomic E-state index is 5.96. The second-order valence-electron chi connectivity index (χ2n) is 5.19. The van der Waals surface area contributed by atoms with Gasteiger partial charge in [0.15, 0.2) is 0 Å². The Hall–Kier alpha value is -1.67. The minimum absolute atomic E-state index is 0.439. The molecular formula is C17H22N2. The summed E-state index contributed by atoms with van der Waals surface area (Å²) in [6.07, 6.45) is 5.84. The molecule has 2 heteroatoms. The highest BCUT2D eigenvalue weighted by molar-refractivity contribution is 5.33. The van der Waals surface area contributed by atoms with Crippen LogP contribution in [0.5, 0.6) is 0 Å². The minimum Gasteiger partial charge on any atom is -0.330 e. The molecule has 2 aromatic rings. The van der Waals surface area contributed by atoms with Gasteiger partial charge in [0.25, 0.3) is 0 Å². The predicted molar refractivity (Wildman–Crippen MR) is 80.3 cm³/mol. The average Bonchev–Trinajstić information content (AvgIpc) is 2.42. The summed E-state index contributed by atoms with van der Waals surface area (Å²) in [5.41, 5.74) is 11.3. The molecule has 0 aliphatic heterocycles. The molecule has 1 atom stereocenters. The largest absolute Gasteiger partial charge is 0.330 e. The highest BCUT2D eigenvalue weighted by atomic mass is 14.6. The molecule has 0 bridgehead atoms. The molecule has 0 fully saturated rings. The van der Waals surface area contributed by atoms with Crippen molar-refractivity contribution in [3.8, 4) is 0 Å². The first-order valence-electron chi connectivity index (χ1n) is 6.87. The number of aromatic nitrogens is 1. The summed E-state index contributed by atoms with van der Waals surface area (Å²) in [4.78, 5) is 4.05. The first kappa shape index (κ1) is 13.8. The Morgan fingerprint density at radius 1 is 1.11 bits per heavy atom. The summed E-state index contributed by atoms with van der Waals surface area (Å²) in [6, 6.07) is 10.8. The zero-order valence-corrected chi connectivity index (χ0v) is 11.8. The van der Waals surface area contributed by atoms with E-state index in [1.54, 1.807) is 0 Å². The topological polar surface area (TPSA) is 38.9 Å². The van der Waals surface area contributed by atoms with E-state index >= 15 is 0 Å². The first-order chi connectivity index (χ1) is 9.20. The fourth-order valence-corrected chi connectivity index (χ4v) is 2.57. The molecule has 2 rings (SSSR count). The molecule has 0 aliphatic rings. The molecule has 0 saturated carbocycles. The van der Waals surface area contributed by atoms with Gasteiger partial charge in [0.05, 0.1) is 0 Å². The SMILES string of the molecule is Cc1ccc(C(CN)CCc2ccncc2)c(C)c1. The van der Waals surface area contributed by atoms with Crippen LogP contribution in [0.15, 0.2) is 42.7 Å². The molecule has 1 aromatic heterocycles. The van der Waals surface area contributed by atoms with Crippen LogP contribution in [0, 0.1) is 13.8 Å². The van der Waals surface area contributed by atoms with Crippen molar-refractivity contribution in [2.45, 2.75) is 32.6 Å². The summed E-state index contributed by atoms with van der Waals surface area (Å²) in [5, 5.41) is 0. The number of benzene rings is 1. The number of hydrogen-bond donors (Lipinski definition) is 1. The van der Waals surface area contributed by atoms with Gasteiger partial charge in [-0.3, -0.25) is 4.98 Å². The van der Waals surface area contributed by atoms with E-state index < -0.39 is 0 Å². The number of aryl methyl sites for hydroxylation is 3. The molecule has 0 amide bonds. The fourth-order valence-electron chi connectivity index (χ4n) is 2.57. The molecule has 0 radical (unpaired) electrons. The van der Waals surface area contributed by atoms with Crippen molar-refractivity contribution >= 4 is 0 Å². The van der Waals surface area contributed by atoms with Gasteiger partial charge in [-0.2, -0.15) is 0 Å². The quantitative estimate of drug-likeness (QED) is 0.888. The second kappa shape index (κ2) is 6.48. The lowest BCUT2D eigenvalue weighted by Crippen LogP contribution is -2.14. The number of nitrogens with two attached hydrogens (primary N) is 1. The molecule has 2 nitrogen and oxygen atoms in total. The summed E-state index contributed by atoms with van der Waals surface area (Å²) in [6.45, 7) is 5.01. The average molecular weight is 254 g/mol. The van der Waals surface area contributed by atoms with E-state index in [1.807, 2.05) is 12.4 Å². The van der Waals surface area contributed by atoms with Crippen molar-refractivity contribution in [2.24, 2.45) is 5.73 Å². The van der Waals surface area contributed by atoms with E-state index in [0.29, 0.717) is 12.5 Å². The van der Waals surface area contributed by atoms with E-state index in [1.165, 1.54) is 22.3 Å². The van der Waals surface area contributed by atoms with Crippen LogP contribution < -0.4 is 5.73 Å². The molecule has 1 heterocycles. The van der Waals surface area contributed by atoms with Crippen LogP contribution in [0.1, 0.15) is 34.6 Å². The maximum Gasteiger partial charge on any atom is 0.0270 e. The molecular weight excluding hydrogens is 232 g/mol. The number of hydrogen-bond acceptors (Lipinski definition) is 2. The van der Waals surface area contributed by atoms with Crippen LogP contribution in [0.4, 0.5) is 0 Å².